The first-order valence-electron chi connectivity index (χ1n) is 0.698. The van der Waals surface area contributed by atoms with Crippen LogP contribution in [0.15, 0.2) is 0 Å². The average Bonchev–Trinajstić information content (AvgIpc) is 0.722. The van der Waals surface area contributed by atoms with Crippen molar-refractivity contribution < 1.29 is 34.6 Å². The average molecular weight is 204 g/mol. The maximum atomic E-state index is 8.74. The molecule has 0 aromatic carbocycles. The van der Waals surface area contributed by atoms with Crippen molar-refractivity contribution in [1.29, 1.82) is 0 Å². The summed E-state index contributed by atoms with van der Waals surface area (Å²) >= 11 is 0. The Balaban J connectivity index is -0.0000000267. The van der Waals surface area contributed by atoms with Crippen LogP contribution in [0.25, 0.3) is 0 Å². The third kappa shape index (κ3) is 85.8. The van der Waals surface area contributed by atoms with Crippen molar-refractivity contribution in [2.24, 2.45) is 0 Å². The van der Waals surface area contributed by atoms with E-state index in [9.17, 15) is 0 Å². The molecule has 0 aromatic rings. The van der Waals surface area contributed by atoms with E-state index in [1.807, 2.05) is 0 Å². The standard InChI is InChI=1S/Ca.Fe.Li.H2O4S.3H/c;;;1-5(2,3)4;;;/h;;;(H2,1,2,3,4);;;. The fraction of sp³-hybridized carbons (Fsp3) is 0. The van der Waals surface area contributed by atoms with Gasteiger partial charge in [-0.1, -0.05) is 0 Å². The van der Waals surface area contributed by atoms with Gasteiger partial charge in [0.15, 0.2) is 0 Å². The van der Waals surface area contributed by atoms with Gasteiger partial charge in [0.1, 0.15) is 0 Å². The SMILES string of the molecule is O=S(=O)(O)O.[CaH2].[Fe].[LiH]. The van der Waals surface area contributed by atoms with Gasteiger partial charge in [0, 0.05) is 17.1 Å². The van der Waals surface area contributed by atoms with E-state index in [1.54, 1.807) is 0 Å². The summed E-state index contributed by atoms with van der Waals surface area (Å²) in [4.78, 5) is 0. The monoisotopic (exact) mass is 204 g/mol. The van der Waals surface area contributed by atoms with Crippen molar-refractivity contribution in [2.45, 2.75) is 0 Å². The summed E-state index contributed by atoms with van der Waals surface area (Å²) in [6.45, 7) is 0. The van der Waals surface area contributed by atoms with Crippen LogP contribution in [0, 0.1) is 0 Å². The minimum absolute atomic E-state index is 0. The summed E-state index contributed by atoms with van der Waals surface area (Å²) in [5, 5.41) is 0. The number of rotatable bonds is 0. The molecule has 0 bridgehead atoms. The molecule has 0 saturated carbocycles. The van der Waals surface area contributed by atoms with Crippen molar-refractivity contribution in [3.8, 4) is 0 Å². The van der Waals surface area contributed by atoms with Crippen molar-refractivity contribution in [3.63, 3.8) is 0 Å². The summed E-state index contributed by atoms with van der Waals surface area (Å²) in [5.74, 6) is 0. The van der Waals surface area contributed by atoms with Gasteiger partial charge in [0.25, 0.3) is 0 Å². The van der Waals surface area contributed by atoms with Gasteiger partial charge in [-0.3, -0.25) is 9.11 Å². The molecule has 0 aromatic heterocycles. The van der Waals surface area contributed by atoms with Crippen LogP contribution in [0.4, 0.5) is 0 Å². The van der Waals surface area contributed by atoms with E-state index in [2.05, 4.69) is 0 Å². The summed E-state index contributed by atoms with van der Waals surface area (Å²) in [7, 11) is -4.67. The van der Waals surface area contributed by atoms with E-state index in [1.165, 1.54) is 0 Å². The molecule has 2 N–H and O–H groups in total. The Morgan fingerprint density at radius 3 is 1.12 bits per heavy atom. The molecule has 0 aliphatic rings. The van der Waals surface area contributed by atoms with Crippen LogP contribution in [0.5, 0.6) is 0 Å². The molecule has 0 rings (SSSR count). The summed E-state index contributed by atoms with van der Waals surface area (Å²) < 4.78 is 31.6. The summed E-state index contributed by atoms with van der Waals surface area (Å²) in [5.41, 5.74) is 0. The molecule has 0 spiro atoms. The van der Waals surface area contributed by atoms with E-state index in [4.69, 9.17) is 17.5 Å². The second-order valence-corrected chi connectivity index (χ2v) is 1.34. The van der Waals surface area contributed by atoms with Crippen LogP contribution in [0.3, 0.4) is 0 Å². The van der Waals surface area contributed by atoms with E-state index in [0.717, 1.165) is 0 Å². The predicted molar refractivity (Wildman–Crippen MR) is 29.9 cm³/mol. The summed E-state index contributed by atoms with van der Waals surface area (Å²) in [6.07, 6.45) is 0. The third-order valence-corrected chi connectivity index (χ3v) is 0. The van der Waals surface area contributed by atoms with Crippen molar-refractivity contribution in [1.82, 2.24) is 0 Å². The molecule has 0 aliphatic heterocycles. The Morgan fingerprint density at radius 2 is 1.12 bits per heavy atom. The van der Waals surface area contributed by atoms with Crippen LogP contribution in [0.1, 0.15) is 0 Å². The molecular formula is H5CaFeLiO4S. The first kappa shape index (κ1) is 22.5. The first-order valence-corrected chi connectivity index (χ1v) is 2.10. The minimum atomic E-state index is -4.67. The van der Waals surface area contributed by atoms with E-state index >= 15 is 0 Å². The van der Waals surface area contributed by atoms with Crippen LogP contribution in [-0.2, 0) is 27.5 Å². The molecule has 0 aliphatic carbocycles. The Labute approximate surface area is 100 Å². The van der Waals surface area contributed by atoms with Crippen LogP contribution in [-0.4, -0.2) is 74.1 Å². The Hall–Kier alpha value is 2.25. The first-order chi connectivity index (χ1) is 2.00. The van der Waals surface area contributed by atoms with Gasteiger partial charge in [-0.25, -0.2) is 0 Å². The second-order valence-electron chi connectivity index (χ2n) is 0.448. The van der Waals surface area contributed by atoms with Gasteiger partial charge in [-0.05, 0) is 0 Å². The van der Waals surface area contributed by atoms with E-state index in [-0.39, 0.29) is 73.7 Å². The van der Waals surface area contributed by atoms with E-state index < -0.39 is 10.4 Å². The van der Waals surface area contributed by atoms with Gasteiger partial charge in [-0.15, -0.1) is 0 Å². The van der Waals surface area contributed by atoms with Crippen molar-refractivity contribution in [3.05, 3.63) is 0 Å². The fourth-order valence-corrected chi connectivity index (χ4v) is 0. The van der Waals surface area contributed by atoms with Gasteiger partial charge in [0.2, 0.25) is 0 Å². The molecule has 0 radical (unpaired) electrons. The van der Waals surface area contributed by atoms with Crippen molar-refractivity contribution in [2.75, 3.05) is 0 Å². The Bertz CT molecular complexity index is 99.2. The molecule has 0 fully saturated rings. The van der Waals surface area contributed by atoms with Gasteiger partial charge >= 0.3 is 67.0 Å². The molecule has 8 heteroatoms. The van der Waals surface area contributed by atoms with E-state index in [0.29, 0.717) is 0 Å². The van der Waals surface area contributed by atoms with Gasteiger partial charge in [0.05, 0.1) is 0 Å². The zero-order valence-electron chi connectivity index (χ0n) is 2.47. The molecule has 46 valence electrons. The zero-order valence-corrected chi connectivity index (χ0v) is 4.39. The topological polar surface area (TPSA) is 74.6 Å². The van der Waals surface area contributed by atoms with Crippen molar-refractivity contribution >= 4 is 67.0 Å². The van der Waals surface area contributed by atoms with Crippen LogP contribution in [0.2, 0.25) is 0 Å². The number of hydrogen-bond donors (Lipinski definition) is 2. The summed E-state index contributed by atoms with van der Waals surface area (Å²) in [6, 6.07) is 0. The predicted octanol–water partition coefficient (Wildman–Crippen LogP) is -2.22. The molecule has 8 heavy (non-hydrogen) atoms. The molecule has 0 atom stereocenters. The van der Waals surface area contributed by atoms with Crippen LogP contribution >= 0.6 is 0 Å². The molecule has 0 saturated heterocycles. The molecule has 0 unspecified atom stereocenters. The molecule has 4 nitrogen and oxygen atoms in total. The van der Waals surface area contributed by atoms with Crippen LogP contribution < -0.4 is 0 Å². The quantitative estimate of drug-likeness (QED) is 0.346. The number of hydrogen-bond acceptors (Lipinski definition) is 2. The third-order valence-electron chi connectivity index (χ3n) is 0. The normalized spacial score (nSPS) is 7.25. The zero-order chi connectivity index (χ0) is 4.50. The fourth-order valence-electron chi connectivity index (χ4n) is 0. The Morgan fingerprint density at radius 1 is 1.12 bits per heavy atom. The molecule has 0 amide bonds. The maximum absolute atomic E-state index is 8.74. The second kappa shape index (κ2) is 9.25. The Kier molecular flexibility index (Phi) is 26.0. The molecule has 0 heterocycles. The van der Waals surface area contributed by atoms with Gasteiger partial charge < -0.3 is 0 Å². The molecular weight excluding hydrogens is 199 g/mol. The van der Waals surface area contributed by atoms with Gasteiger partial charge in [-0.2, -0.15) is 8.42 Å².